The van der Waals surface area contributed by atoms with E-state index in [-0.39, 0.29) is 17.6 Å². The number of carbonyl (C=O) groups excluding carboxylic acids is 1. The Balaban J connectivity index is 1.54. The number of piperidine rings is 1. The van der Waals surface area contributed by atoms with E-state index < -0.39 is 12.0 Å². The molecule has 35 heavy (non-hydrogen) atoms. The Kier molecular flexibility index (Phi) is 6.84. The lowest BCUT2D eigenvalue weighted by Crippen LogP contribution is -2.53. The molecular weight excluding hydrogens is 514 g/mol. The SMILES string of the molecule is CC(C)(C)C1CC(Oc2cc3nc(Nc4ccc(C(N)=O)cc4)ncc3cc2Br)CCN1C(=O)O. The number of carbonyl (C=O) groups is 2. The molecule has 0 aliphatic carbocycles. The van der Waals surface area contributed by atoms with Crippen molar-refractivity contribution in [1.29, 1.82) is 0 Å². The highest BCUT2D eigenvalue weighted by Gasteiger charge is 2.39. The van der Waals surface area contributed by atoms with Gasteiger partial charge in [0, 0.05) is 54.3 Å². The number of primary amides is 1. The molecule has 10 heteroatoms. The van der Waals surface area contributed by atoms with Gasteiger partial charge in [-0.25, -0.2) is 14.8 Å². The summed E-state index contributed by atoms with van der Waals surface area (Å²) in [4.78, 5) is 33.5. The van der Waals surface area contributed by atoms with Gasteiger partial charge in [0.05, 0.1) is 9.99 Å². The van der Waals surface area contributed by atoms with E-state index in [2.05, 4.69) is 52.0 Å². The van der Waals surface area contributed by atoms with Crippen molar-refractivity contribution in [3.8, 4) is 5.75 Å². The van der Waals surface area contributed by atoms with Crippen LogP contribution in [0.4, 0.5) is 16.4 Å². The molecule has 1 saturated heterocycles. The highest BCUT2D eigenvalue weighted by molar-refractivity contribution is 9.10. The minimum absolute atomic E-state index is 0.119. The normalized spacial score (nSPS) is 18.3. The van der Waals surface area contributed by atoms with Gasteiger partial charge in [0.2, 0.25) is 11.9 Å². The van der Waals surface area contributed by atoms with Crippen LogP contribution in [-0.4, -0.2) is 50.7 Å². The second-order valence-corrected chi connectivity index (χ2v) is 10.6. The molecule has 2 aromatic carbocycles. The van der Waals surface area contributed by atoms with Gasteiger partial charge < -0.3 is 25.8 Å². The molecule has 1 aliphatic heterocycles. The summed E-state index contributed by atoms with van der Waals surface area (Å²) < 4.78 is 7.13. The zero-order chi connectivity index (χ0) is 25.3. The van der Waals surface area contributed by atoms with Crippen LogP contribution in [0.2, 0.25) is 0 Å². The molecular formula is C25H28BrN5O4. The Hall–Kier alpha value is -3.40. The summed E-state index contributed by atoms with van der Waals surface area (Å²) in [6, 6.07) is 10.4. The first kappa shape index (κ1) is 24.7. The van der Waals surface area contributed by atoms with Gasteiger partial charge in [0.15, 0.2) is 0 Å². The van der Waals surface area contributed by atoms with Crippen LogP contribution in [0.5, 0.6) is 5.75 Å². The van der Waals surface area contributed by atoms with Gasteiger partial charge in [-0.1, -0.05) is 20.8 Å². The average Bonchev–Trinajstić information content (AvgIpc) is 2.79. The Labute approximate surface area is 211 Å². The fourth-order valence-corrected chi connectivity index (χ4v) is 4.75. The summed E-state index contributed by atoms with van der Waals surface area (Å²) >= 11 is 3.59. The predicted octanol–water partition coefficient (Wildman–Crippen LogP) is 5.17. The highest BCUT2D eigenvalue weighted by Crippen LogP contribution is 2.36. The Morgan fingerprint density at radius 3 is 2.57 bits per heavy atom. The summed E-state index contributed by atoms with van der Waals surface area (Å²) in [6.45, 7) is 6.58. The number of aromatic nitrogens is 2. The Morgan fingerprint density at radius 2 is 1.94 bits per heavy atom. The summed E-state index contributed by atoms with van der Waals surface area (Å²) in [5.41, 5.74) is 6.93. The quantitative estimate of drug-likeness (QED) is 0.406. The molecule has 4 rings (SSSR count). The van der Waals surface area contributed by atoms with Crippen LogP contribution in [0, 0.1) is 5.41 Å². The second kappa shape index (κ2) is 9.69. The Bertz CT molecular complexity index is 1260. The lowest BCUT2D eigenvalue weighted by atomic mass is 9.80. The summed E-state index contributed by atoms with van der Waals surface area (Å²) in [5.74, 6) is 0.564. The topological polar surface area (TPSA) is 131 Å². The number of benzene rings is 2. The van der Waals surface area contributed by atoms with Crippen molar-refractivity contribution in [1.82, 2.24) is 14.9 Å². The number of halogens is 1. The lowest BCUT2D eigenvalue weighted by Gasteiger charge is -2.44. The molecule has 2 amide bonds. The molecule has 0 saturated carbocycles. The maximum atomic E-state index is 11.7. The van der Waals surface area contributed by atoms with Crippen molar-refractivity contribution >= 4 is 50.5 Å². The van der Waals surface area contributed by atoms with Gasteiger partial charge >= 0.3 is 6.09 Å². The van der Waals surface area contributed by atoms with E-state index >= 15 is 0 Å². The first-order chi connectivity index (χ1) is 16.5. The minimum Gasteiger partial charge on any atom is -0.489 e. The van der Waals surface area contributed by atoms with Crippen LogP contribution in [0.1, 0.15) is 44.0 Å². The van der Waals surface area contributed by atoms with Crippen molar-refractivity contribution in [3.05, 3.63) is 52.6 Å². The van der Waals surface area contributed by atoms with Crippen LogP contribution in [0.25, 0.3) is 10.9 Å². The van der Waals surface area contributed by atoms with Gasteiger partial charge in [-0.2, -0.15) is 0 Å². The molecule has 1 fully saturated rings. The fourth-order valence-electron chi connectivity index (χ4n) is 4.30. The summed E-state index contributed by atoms with van der Waals surface area (Å²) in [6.07, 6.45) is 1.93. The standard InChI is InChI=1S/C25H28BrN5O4/c1-25(2,3)21-11-17(8-9-31(21)24(33)34)35-20-12-19-15(10-18(20)26)13-28-23(30-19)29-16-6-4-14(5-7-16)22(27)32/h4-7,10,12-13,17,21H,8-9,11H2,1-3H3,(H2,27,32)(H,33,34)(H,28,29,30). The number of nitrogens with zero attached hydrogens (tertiary/aromatic N) is 3. The monoisotopic (exact) mass is 541 g/mol. The van der Waals surface area contributed by atoms with Crippen molar-refractivity contribution in [2.45, 2.75) is 45.8 Å². The van der Waals surface area contributed by atoms with Gasteiger partial charge in [0.1, 0.15) is 11.9 Å². The van der Waals surface area contributed by atoms with E-state index in [9.17, 15) is 14.7 Å². The van der Waals surface area contributed by atoms with Crippen LogP contribution in [-0.2, 0) is 0 Å². The molecule has 1 aromatic heterocycles. The number of fused-ring (bicyclic) bond motifs is 1. The first-order valence-electron chi connectivity index (χ1n) is 11.3. The van der Waals surface area contributed by atoms with E-state index in [0.29, 0.717) is 42.2 Å². The number of carboxylic acid groups (broad SMARTS) is 1. The Morgan fingerprint density at radius 1 is 1.23 bits per heavy atom. The van der Waals surface area contributed by atoms with Crippen molar-refractivity contribution in [3.63, 3.8) is 0 Å². The number of nitrogens with one attached hydrogen (secondary N) is 1. The maximum Gasteiger partial charge on any atom is 0.407 e. The highest BCUT2D eigenvalue weighted by atomic mass is 79.9. The number of likely N-dealkylation sites (tertiary alicyclic amines) is 1. The average molecular weight is 542 g/mol. The largest absolute Gasteiger partial charge is 0.489 e. The second-order valence-electron chi connectivity index (χ2n) is 9.72. The third-order valence-electron chi connectivity index (χ3n) is 6.15. The molecule has 0 radical (unpaired) electrons. The van der Waals surface area contributed by atoms with E-state index in [1.807, 2.05) is 12.1 Å². The van der Waals surface area contributed by atoms with Crippen LogP contribution in [0.15, 0.2) is 47.1 Å². The van der Waals surface area contributed by atoms with Gasteiger partial charge in [0.25, 0.3) is 0 Å². The molecule has 4 N–H and O–H groups in total. The number of hydrogen-bond donors (Lipinski definition) is 3. The molecule has 2 unspecified atom stereocenters. The molecule has 1 aliphatic rings. The summed E-state index contributed by atoms with van der Waals surface area (Å²) in [5, 5.41) is 13.6. The van der Waals surface area contributed by atoms with Crippen molar-refractivity contribution < 1.29 is 19.4 Å². The maximum absolute atomic E-state index is 11.7. The fraction of sp³-hybridized carbons (Fsp3) is 0.360. The molecule has 2 heterocycles. The van der Waals surface area contributed by atoms with Crippen LogP contribution >= 0.6 is 15.9 Å². The van der Waals surface area contributed by atoms with Crippen molar-refractivity contribution in [2.24, 2.45) is 11.1 Å². The van der Waals surface area contributed by atoms with Crippen molar-refractivity contribution in [2.75, 3.05) is 11.9 Å². The zero-order valence-electron chi connectivity index (χ0n) is 19.8. The smallest absolute Gasteiger partial charge is 0.407 e. The minimum atomic E-state index is -0.892. The number of amides is 2. The molecule has 3 aromatic rings. The van der Waals surface area contributed by atoms with Crippen LogP contribution in [0.3, 0.4) is 0 Å². The van der Waals surface area contributed by atoms with E-state index in [1.54, 1.807) is 30.5 Å². The molecule has 2 atom stereocenters. The molecule has 9 nitrogen and oxygen atoms in total. The summed E-state index contributed by atoms with van der Waals surface area (Å²) in [7, 11) is 0. The molecule has 0 spiro atoms. The van der Waals surface area contributed by atoms with E-state index in [0.717, 1.165) is 15.5 Å². The zero-order valence-corrected chi connectivity index (χ0v) is 21.4. The van der Waals surface area contributed by atoms with E-state index in [1.165, 1.54) is 4.90 Å². The third-order valence-corrected chi connectivity index (χ3v) is 6.77. The number of ether oxygens (including phenoxy) is 1. The predicted molar refractivity (Wildman–Crippen MR) is 137 cm³/mol. The van der Waals surface area contributed by atoms with Gasteiger partial charge in [-0.3, -0.25) is 4.79 Å². The first-order valence-corrected chi connectivity index (χ1v) is 12.1. The number of rotatable bonds is 5. The van der Waals surface area contributed by atoms with Gasteiger partial charge in [-0.05, 0) is 51.7 Å². The number of nitrogens with two attached hydrogens (primary N) is 1. The molecule has 0 bridgehead atoms. The van der Waals surface area contributed by atoms with Gasteiger partial charge in [-0.15, -0.1) is 0 Å². The third kappa shape index (κ3) is 5.64. The van der Waals surface area contributed by atoms with Crippen LogP contribution < -0.4 is 15.8 Å². The lowest BCUT2D eigenvalue weighted by molar-refractivity contribution is 0.0128. The number of hydrogen-bond acceptors (Lipinski definition) is 6. The van der Waals surface area contributed by atoms with E-state index in [4.69, 9.17) is 10.5 Å². The molecule has 184 valence electrons. The number of anilines is 2.